The predicted octanol–water partition coefficient (Wildman–Crippen LogP) is 1.94. The molecule has 0 atom stereocenters. The van der Waals surface area contributed by atoms with Crippen molar-refractivity contribution in [1.82, 2.24) is 9.80 Å². The number of benzene rings is 1. The minimum atomic E-state index is -0.908. The number of ether oxygens (including phenoxy) is 1. The molecule has 0 heterocycles. The Balaban J connectivity index is 2.93. The van der Waals surface area contributed by atoms with Gasteiger partial charge in [0.2, 0.25) is 0 Å². The number of nitrogens with zero attached hydrogens (tertiary/aromatic N) is 2. The van der Waals surface area contributed by atoms with Crippen LogP contribution in [0.2, 0.25) is 0 Å². The van der Waals surface area contributed by atoms with Gasteiger partial charge in [0.25, 0.3) is 5.91 Å². The molecule has 0 aromatic heterocycles. The monoisotopic (exact) mass is 318 g/mol. The third-order valence-corrected chi connectivity index (χ3v) is 2.91. The molecule has 1 rings (SSSR count). The van der Waals surface area contributed by atoms with Gasteiger partial charge in [0.1, 0.15) is 6.29 Å². The van der Waals surface area contributed by atoms with Crippen molar-refractivity contribution in [2.75, 3.05) is 20.2 Å². The topological polar surface area (TPSA) is 84.0 Å². The zero-order chi connectivity index (χ0) is 17.2. The van der Waals surface area contributed by atoms with E-state index in [-0.39, 0.29) is 6.54 Å². The van der Waals surface area contributed by atoms with Crippen LogP contribution >= 0.6 is 0 Å². The summed E-state index contributed by atoms with van der Waals surface area (Å²) >= 11 is 0. The summed E-state index contributed by atoms with van der Waals surface area (Å²) in [7, 11) is 1.12. The first-order valence-corrected chi connectivity index (χ1v) is 6.92. The number of imide groups is 2. The fraction of sp³-hybridized carbons (Fsp3) is 0.250. The van der Waals surface area contributed by atoms with Crippen molar-refractivity contribution >= 4 is 30.4 Å². The average Bonchev–Trinajstić information content (AvgIpc) is 2.58. The molecule has 0 radical (unpaired) electrons. The Hall–Kier alpha value is -2.96. The van der Waals surface area contributed by atoms with Crippen LogP contribution < -0.4 is 0 Å². The first-order chi connectivity index (χ1) is 11.0. The van der Waals surface area contributed by atoms with Crippen LogP contribution in [0, 0.1) is 0 Å². The Kier molecular flexibility index (Phi) is 7.19. The highest BCUT2D eigenvalue weighted by Gasteiger charge is 2.28. The van der Waals surface area contributed by atoms with E-state index in [4.69, 9.17) is 0 Å². The maximum absolute atomic E-state index is 12.3. The van der Waals surface area contributed by atoms with E-state index in [1.54, 1.807) is 31.2 Å². The number of rotatable bonds is 5. The first-order valence-electron chi connectivity index (χ1n) is 6.92. The summed E-state index contributed by atoms with van der Waals surface area (Å²) in [5.74, 6) is -0.701. The Labute approximate surface area is 134 Å². The molecular weight excluding hydrogens is 300 g/mol. The van der Waals surface area contributed by atoms with Crippen molar-refractivity contribution in [1.29, 1.82) is 0 Å². The lowest BCUT2D eigenvalue weighted by Gasteiger charge is -2.24. The maximum Gasteiger partial charge on any atom is 0.417 e. The Morgan fingerprint density at radius 1 is 1.13 bits per heavy atom. The molecule has 0 unspecified atom stereocenters. The second kappa shape index (κ2) is 9.14. The molecule has 0 fully saturated rings. The van der Waals surface area contributed by atoms with Crippen LogP contribution in [0.15, 0.2) is 36.4 Å². The summed E-state index contributed by atoms with van der Waals surface area (Å²) in [4.78, 5) is 48.1. The standard InChI is InChI=1S/C16H18N2O5/c1-3-17(16(22)23-2)15(21)18(11-12-19)14(20)10-9-13-7-5-4-6-8-13/h4-10,12H,3,11H2,1-2H3. The lowest BCUT2D eigenvalue weighted by Crippen LogP contribution is -2.48. The minimum absolute atomic E-state index is 0.0105. The Morgan fingerprint density at radius 3 is 2.30 bits per heavy atom. The zero-order valence-electron chi connectivity index (χ0n) is 13.0. The smallest absolute Gasteiger partial charge is 0.417 e. The molecule has 0 N–H and O–H groups in total. The normalized spacial score (nSPS) is 10.2. The molecule has 23 heavy (non-hydrogen) atoms. The SMILES string of the molecule is CCN(C(=O)OC)C(=O)N(CC=O)C(=O)C=Cc1ccccc1. The van der Waals surface area contributed by atoms with E-state index in [1.807, 2.05) is 6.07 Å². The van der Waals surface area contributed by atoms with Crippen molar-refractivity contribution < 1.29 is 23.9 Å². The molecule has 0 aliphatic carbocycles. The van der Waals surface area contributed by atoms with Crippen LogP contribution in [0.4, 0.5) is 9.59 Å². The van der Waals surface area contributed by atoms with Crippen molar-refractivity contribution in [2.24, 2.45) is 0 Å². The molecule has 0 saturated carbocycles. The van der Waals surface area contributed by atoms with Crippen LogP contribution in [0.5, 0.6) is 0 Å². The lowest BCUT2D eigenvalue weighted by molar-refractivity contribution is -0.125. The van der Waals surface area contributed by atoms with Gasteiger partial charge in [-0.1, -0.05) is 30.3 Å². The minimum Gasteiger partial charge on any atom is -0.452 e. The fourth-order valence-corrected chi connectivity index (χ4v) is 1.76. The summed E-state index contributed by atoms with van der Waals surface area (Å²) in [6.45, 7) is 1.11. The molecule has 4 amide bonds. The third kappa shape index (κ3) is 5.06. The van der Waals surface area contributed by atoms with Crippen LogP contribution in [0.25, 0.3) is 6.08 Å². The summed E-state index contributed by atoms with van der Waals surface area (Å²) in [5.41, 5.74) is 0.764. The molecule has 0 saturated heterocycles. The quantitative estimate of drug-likeness (QED) is 0.612. The molecule has 0 aliphatic heterocycles. The summed E-state index contributed by atoms with van der Waals surface area (Å²) in [6, 6.07) is 8.08. The molecular formula is C16H18N2O5. The van der Waals surface area contributed by atoms with Crippen LogP contribution in [0.1, 0.15) is 12.5 Å². The zero-order valence-corrected chi connectivity index (χ0v) is 13.0. The predicted molar refractivity (Wildman–Crippen MR) is 83.4 cm³/mol. The van der Waals surface area contributed by atoms with E-state index in [2.05, 4.69) is 4.74 Å². The second-order valence-corrected chi connectivity index (χ2v) is 4.36. The summed E-state index contributed by atoms with van der Waals surface area (Å²) in [5, 5.41) is 0. The van der Waals surface area contributed by atoms with Gasteiger partial charge in [-0.25, -0.2) is 14.5 Å². The summed E-state index contributed by atoms with van der Waals surface area (Å²) in [6.07, 6.45) is 2.20. The van der Waals surface area contributed by atoms with Gasteiger partial charge in [0.05, 0.1) is 13.7 Å². The second-order valence-electron chi connectivity index (χ2n) is 4.36. The largest absolute Gasteiger partial charge is 0.452 e. The maximum atomic E-state index is 12.3. The number of hydrogen-bond acceptors (Lipinski definition) is 5. The lowest BCUT2D eigenvalue weighted by atomic mass is 10.2. The number of methoxy groups -OCH3 is 1. The van der Waals surface area contributed by atoms with Crippen LogP contribution in [-0.4, -0.2) is 54.3 Å². The van der Waals surface area contributed by atoms with Gasteiger partial charge in [-0.05, 0) is 18.6 Å². The Bertz CT molecular complexity index is 598. The number of amides is 4. The van der Waals surface area contributed by atoms with Gasteiger partial charge in [0.15, 0.2) is 0 Å². The van der Waals surface area contributed by atoms with Crippen LogP contribution in [0.3, 0.4) is 0 Å². The number of aldehydes is 1. The number of hydrogen-bond donors (Lipinski definition) is 0. The molecule has 1 aromatic rings. The molecule has 0 bridgehead atoms. The van der Waals surface area contributed by atoms with Gasteiger partial charge < -0.3 is 9.53 Å². The molecule has 1 aromatic carbocycles. The van der Waals surface area contributed by atoms with E-state index in [0.29, 0.717) is 11.2 Å². The van der Waals surface area contributed by atoms with Gasteiger partial charge >= 0.3 is 12.1 Å². The highest BCUT2D eigenvalue weighted by molar-refractivity contribution is 6.06. The van der Waals surface area contributed by atoms with E-state index in [1.165, 1.54) is 12.2 Å². The van der Waals surface area contributed by atoms with Crippen molar-refractivity contribution in [3.05, 3.63) is 42.0 Å². The highest BCUT2D eigenvalue weighted by atomic mass is 16.5. The third-order valence-electron chi connectivity index (χ3n) is 2.91. The number of urea groups is 1. The first kappa shape index (κ1) is 18.1. The van der Waals surface area contributed by atoms with Gasteiger partial charge in [-0.3, -0.25) is 9.69 Å². The molecule has 0 spiro atoms. The van der Waals surface area contributed by atoms with E-state index < -0.39 is 24.6 Å². The Morgan fingerprint density at radius 2 is 1.78 bits per heavy atom. The molecule has 0 aliphatic rings. The van der Waals surface area contributed by atoms with Crippen molar-refractivity contribution in [2.45, 2.75) is 6.92 Å². The molecule has 122 valence electrons. The van der Waals surface area contributed by atoms with Crippen molar-refractivity contribution in [3.63, 3.8) is 0 Å². The molecule has 7 heteroatoms. The summed E-state index contributed by atoms with van der Waals surface area (Å²) < 4.78 is 4.48. The van der Waals surface area contributed by atoms with Crippen LogP contribution in [-0.2, 0) is 14.3 Å². The number of carbonyl (C=O) groups excluding carboxylic acids is 4. The van der Waals surface area contributed by atoms with Gasteiger partial charge in [-0.15, -0.1) is 0 Å². The van der Waals surface area contributed by atoms with E-state index in [0.717, 1.165) is 17.6 Å². The van der Waals surface area contributed by atoms with Gasteiger partial charge in [0, 0.05) is 12.6 Å². The van der Waals surface area contributed by atoms with Crippen molar-refractivity contribution in [3.8, 4) is 0 Å². The van der Waals surface area contributed by atoms with E-state index >= 15 is 0 Å². The number of carbonyl (C=O) groups is 4. The van der Waals surface area contributed by atoms with Gasteiger partial charge in [-0.2, -0.15) is 0 Å². The highest BCUT2D eigenvalue weighted by Crippen LogP contribution is 2.05. The van der Waals surface area contributed by atoms with E-state index in [9.17, 15) is 19.2 Å². The fourth-order valence-electron chi connectivity index (χ4n) is 1.76. The average molecular weight is 318 g/mol. The molecule has 7 nitrogen and oxygen atoms in total.